The monoisotopic (exact) mass is 479 g/mol. The molecule has 1 N–H and O–H groups in total. The summed E-state index contributed by atoms with van der Waals surface area (Å²) in [5, 5.41) is 10.5. The molecule has 3 rings (SSSR count). The Balaban J connectivity index is 1.87. The van der Waals surface area contributed by atoms with Crippen LogP contribution in [0, 0.1) is 0 Å². The molecule has 0 aromatic carbocycles. The highest BCUT2D eigenvalue weighted by Crippen LogP contribution is 2.30. The smallest absolute Gasteiger partial charge is 0.264 e. The van der Waals surface area contributed by atoms with Crippen molar-refractivity contribution in [3.05, 3.63) is 28.1 Å². The normalized spacial score (nSPS) is 22.4. The van der Waals surface area contributed by atoms with Crippen LogP contribution in [0.4, 0.5) is 0 Å². The maximum Gasteiger partial charge on any atom is 0.264 e. The Morgan fingerprint density at radius 1 is 1.30 bits per heavy atom. The summed E-state index contributed by atoms with van der Waals surface area (Å²) in [6.45, 7) is 3.38. The van der Waals surface area contributed by atoms with Crippen LogP contribution >= 0.6 is 27.3 Å². The Morgan fingerprint density at radius 3 is 2.70 bits per heavy atom. The van der Waals surface area contributed by atoms with Gasteiger partial charge in [-0.3, -0.25) is 14.9 Å². The second-order valence-electron chi connectivity index (χ2n) is 6.27. The quantitative estimate of drug-likeness (QED) is 0.489. The van der Waals surface area contributed by atoms with E-state index in [0.717, 1.165) is 24.4 Å². The Hall–Kier alpha value is -0.820. The molecule has 1 atom stereocenters. The minimum absolute atomic E-state index is 0.0528. The van der Waals surface area contributed by atoms with E-state index < -0.39 is 22.0 Å². The average molecular weight is 480 g/mol. The molecule has 2 aliphatic heterocycles. The lowest BCUT2D eigenvalue weighted by atomic mass is 10.2. The van der Waals surface area contributed by atoms with Crippen molar-refractivity contribution in [3.8, 4) is 0 Å². The SMILES string of the molecule is O=C1[C@H](N(CCN2CCOCC2)S(=O)(=O)c2ccc(Br)s2)CC=CCN1O. The fourth-order valence-electron chi connectivity index (χ4n) is 3.06. The van der Waals surface area contributed by atoms with Crippen LogP contribution in [0.1, 0.15) is 6.42 Å². The number of nitrogens with zero attached hydrogens (tertiary/aromatic N) is 3. The fourth-order valence-corrected chi connectivity index (χ4v) is 6.79. The summed E-state index contributed by atoms with van der Waals surface area (Å²) in [5.74, 6) is -0.610. The first-order chi connectivity index (χ1) is 12.9. The van der Waals surface area contributed by atoms with Gasteiger partial charge in [-0.05, 0) is 34.5 Å². The van der Waals surface area contributed by atoms with Crippen molar-refractivity contribution in [2.45, 2.75) is 16.7 Å². The van der Waals surface area contributed by atoms with Crippen LogP contribution in [0.25, 0.3) is 0 Å². The van der Waals surface area contributed by atoms with Crippen molar-refractivity contribution in [2.24, 2.45) is 0 Å². The van der Waals surface area contributed by atoms with E-state index in [1.165, 1.54) is 10.4 Å². The Kier molecular flexibility index (Phi) is 7.06. The number of halogens is 1. The molecule has 1 aromatic rings. The van der Waals surface area contributed by atoms with Gasteiger partial charge in [0.2, 0.25) is 0 Å². The topological polar surface area (TPSA) is 90.4 Å². The lowest BCUT2D eigenvalue weighted by Gasteiger charge is -2.33. The number of rotatable bonds is 6. The van der Waals surface area contributed by atoms with E-state index in [1.54, 1.807) is 18.2 Å². The van der Waals surface area contributed by atoms with Crippen molar-refractivity contribution in [2.75, 3.05) is 45.9 Å². The van der Waals surface area contributed by atoms with E-state index in [1.807, 2.05) is 0 Å². The van der Waals surface area contributed by atoms with E-state index >= 15 is 0 Å². The molecule has 0 spiro atoms. The molecule has 8 nitrogen and oxygen atoms in total. The second kappa shape index (κ2) is 9.12. The van der Waals surface area contributed by atoms with Gasteiger partial charge in [0.15, 0.2) is 0 Å². The van der Waals surface area contributed by atoms with Crippen LogP contribution in [0.2, 0.25) is 0 Å². The Morgan fingerprint density at radius 2 is 2.04 bits per heavy atom. The number of ether oxygens (including phenoxy) is 1. The summed E-state index contributed by atoms with van der Waals surface area (Å²) in [7, 11) is -3.88. The molecule has 1 saturated heterocycles. The third-order valence-electron chi connectivity index (χ3n) is 4.54. The Bertz CT molecular complexity index is 792. The van der Waals surface area contributed by atoms with Crippen LogP contribution in [0.15, 0.2) is 32.3 Å². The van der Waals surface area contributed by atoms with Gasteiger partial charge in [0.25, 0.3) is 15.9 Å². The van der Waals surface area contributed by atoms with Crippen LogP contribution in [-0.2, 0) is 19.6 Å². The predicted molar refractivity (Wildman–Crippen MR) is 104 cm³/mol. The number of sulfonamides is 1. The van der Waals surface area contributed by atoms with Gasteiger partial charge in [-0.25, -0.2) is 13.5 Å². The molecule has 11 heteroatoms. The highest BCUT2D eigenvalue weighted by molar-refractivity contribution is 9.11. The zero-order chi connectivity index (χ0) is 19.4. The fraction of sp³-hybridized carbons (Fsp3) is 0.562. The van der Waals surface area contributed by atoms with Gasteiger partial charge < -0.3 is 4.74 Å². The highest BCUT2D eigenvalue weighted by Gasteiger charge is 2.38. The molecule has 0 saturated carbocycles. The number of amides is 1. The minimum atomic E-state index is -3.88. The minimum Gasteiger partial charge on any atom is -0.379 e. The van der Waals surface area contributed by atoms with E-state index in [4.69, 9.17) is 4.74 Å². The number of carbonyl (C=O) groups is 1. The molecular weight excluding hydrogens is 458 g/mol. The summed E-state index contributed by atoms with van der Waals surface area (Å²) >= 11 is 4.40. The Labute approximate surface area is 171 Å². The average Bonchev–Trinajstić information content (AvgIpc) is 3.04. The zero-order valence-electron chi connectivity index (χ0n) is 14.7. The summed E-state index contributed by atoms with van der Waals surface area (Å²) in [4.78, 5) is 14.7. The molecular formula is C16H22BrN3O5S2. The number of hydrogen-bond donors (Lipinski definition) is 1. The molecule has 27 heavy (non-hydrogen) atoms. The summed E-state index contributed by atoms with van der Waals surface area (Å²) in [6.07, 6.45) is 3.62. The third kappa shape index (κ3) is 4.97. The van der Waals surface area contributed by atoms with E-state index in [-0.39, 0.29) is 23.7 Å². The van der Waals surface area contributed by atoms with Crippen LogP contribution in [0.3, 0.4) is 0 Å². The molecule has 1 aromatic heterocycles. The van der Waals surface area contributed by atoms with Gasteiger partial charge in [-0.15, -0.1) is 11.3 Å². The predicted octanol–water partition coefficient (Wildman–Crippen LogP) is 1.38. The summed E-state index contributed by atoms with van der Waals surface area (Å²) < 4.78 is 34.0. The number of hydroxylamine groups is 2. The van der Waals surface area contributed by atoms with Crippen LogP contribution < -0.4 is 0 Å². The van der Waals surface area contributed by atoms with Crippen molar-refractivity contribution >= 4 is 43.2 Å². The van der Waals surface area contributed by atoms with E-state index in [9.17, 15) is 18.4 Å². The highest BCUT2D eigenvalue weighted by atomic mass is 79.9. The van der Waals surface area contributed by atoms with Crippen molar-refractivity contribution in [3.63, 3.8) is 0 Å². The van der Waals surface area contributed by atoms with Gasteiger partial charge >= 0.3 is 0 Å². The van der Waals surface area contributed by atoms with Crippen molar-refractivity contribution in [1.82, 2.24) is 14.3 Å². The molecule has 0 bridgehead atoms. The maximum absolute atomic E-state index is 13.3. The van der Waals surface area contributed by atoms with Crippen molar-refractivity contribution < 1.29 is 23.2 Å². The van der Waals surface area contributed by atoms with Gasteiger partial charge in [0.05, 0.1) is 23.5 Å². The molecule has 0 radical (unpaired) electrons. The van der Waals surface area contributed by atoms with Gasteiger partial charge in [0.1, 0.15) is 10.3 Å². The number of morpholine rings is 1. The first-order valence-electron chi connectivity index (χ1n) is 8.62. The molecule has 0 unspecified atom stereocenters. The molecule has 1 fully saturated rings. The lowest BCUT2D eigenvalue weighted by molar-refractivity contribution is -0.166. The largest absolute Gasteiger partial charge is 0.379 e. The molecule has 3 heterocycles. The molecule has 2 aliphatic rings. The lowest BCUT2D eigenvalue weighted by Crippen LogP contribution is -2.52. The van der Waals surface area contributed by atoms with Crippen molar-refractivity contribution in [1.29, 1.82) is 0 Å². The number of thiophene rings is 1. The second-order valence-corrected chi connectivity index (χ2v) is 10.9. The van der Waals surface area contributed by atoms with Gasteiger partial charge in [-0.2, -0.15) is 4.31 Å². The standard InChI is InChI=1S/C16H22BrN3O5S2/c17-14-4-5-15(26-14)27(23,24)20(8-7-18-9-11-25-12-10-18)13-3-1-2-6-19(22)16(13)21/h1-2,4-5,13,22H,3,6-12H2/t13-/m1/s1. The molecule has 150 valence electrons. The van der Waals surface area contributed by atoms with Gasteiger partial charge in [-0.1, -0.05) is 12.2 Å². The maximum atomic E-state index is 13.3. The molecule has 1 amide bonds. The summed E-state index contributed by atoms with van der Waals surface area (Å²) in [5.41, 5.74) is 0. The van der Waals surface area contributed by atoms with Gasteiger partial charge in [0, 0.05) is 26.2 Å². The van der Waals surface area contributed by atoms with E-state index in [2.05, 4.69) is 20.8 Å². The zero-order valence-corrected chi connectivity index (χ0v) is 17.9. The van der Waals surface area contributed by atoms with Crippen LogP contribution in [0.5, 0.6) is 0 Å². The first kappa shape index (κ1) is 20.9. The number of hydrogen-bond acceptors (Lipinski definition) is 7. The summed E-state index contributed by atoms with van der Waals surface area (Å²) in [6, 6.07) is 2.23. The first-order valence-corrected chi connectivity index (χ1v) is 11.7. The van der Waals surface area contributed by atoms with Crippen LogP contribution in [-0.4, -0.2) is 85.8 Å². The van der Waals surface area contributed by atoms with E-state index in [0.29, 0.717) is 28.6 Å². The third-order valence-corrected chi connectivity index (χ3v) is 8.54. The molecule has 0 aliphatic carbocycles. The number of carbonyl (C=O) groups excluding carboxylic acids is 1.